The van der Waals surface area contributed by atoms with E-state index in [1.54, 1.807) is 25.3 Å². The molecule has 116 valence electrons. The fourth-order valence-electron chi connectivity index (χ4n) is 1.53. The van der Waals surface area contributed by atoms with Gasteiger partial charge in [0.25, 0.3) is 5.91 Å². The van der Waals surface area contributed by atoms with Crippen molar-refractivity contribution in [3.05, 3.63) is 27.6 Å². The molecule has 1 fully saturated rings. The van der Waals surface area contributed by atoms with Gasteiger partial charge in [0.15, 0.2) is 11.5 Å². The van der Waals surface area contributed by atoms with Crippen LogP contribution in [0.5, 0.6) is 11.5 Å². The van der Waals surface area contributed by atoms with Crippen molar-refractivity contribution >= 4 is 58.0 Å². The number of aromatic hydroxyl groups is 1. The number of carbonyl (C=O) groups is 1. The lowest BCUT2D eigenvalue weighted by Gasteiger charge is -2.06. The fourth-order valence-corrected chi connectivity index (χ4v) is 2.93. The standard InChI is InChI=1S/C12H10ClNO3S2.CO2/c1-14-11(16)9(19-12(14)18)5-6-3-7(13)10(15)8(4-6)17-2;2-1-3/h3-5,15H,1-2H3;/b9-5-;. The second-order valence-electron chi connectivity index (χ2n) is 3.88. The number of ether oxygens (including phenoxy) is 1. The Kier molecular flexibility index (Phi) is 6.58. The molecular weight excluding hydrogens is 350 g/mol. The Morgan fingerprint density at radius 2 is 2.05 bits per heavy atom. The Morgan fingerprint density at radius 3 is 2.50 bits per heavy atom. The van der Waals surface area contributed by atoms with Crippen LogP contribution in [0.25, 0.3) is 6.08 Å². The van der Waals surface area contributed by atoms with Crippen LogP contribution in [0.2, 0.25) is 5.02 Å². The predicted octanol–water partition coefficient (Wildman–Crippen LogP) is 2.30. The smallest absolute Gasteiger partial charge is 0.373 e. The average molecular weight is 360 g/mol. The molecule has 6 nitrogen and oxygen atoms in total. The first-order valence-corrected chi connectivity index (χ1v) is 7.23. The minimum atomic E-state index is -0.154. The number of hydrogen-bond acceptors (Lipinski definition) is 7. The van der Waals surface area contributed by atoms with Gasteiger partial charge in [-0.1, -0.05) is 35.6 Å². The van der Waals surface area contributed by atoms with E-state index in [2.05, 4.69) is 0 Å². The zero-order valence-electron chi connectivity index (χ0n) is 11.5. The van der Waals surface area contributed by atoms with E-state index < -0.39 is 0 Å². The quantitative estimate of drug-likeness (QED) is 0.640. The summed E-state index contributed by atoms with van der Waals surface area (Å²) in [5.74, 6) is -0.0201. The number of phenolic OH excluding ortho intramolecular Hbond substituents is 1. The molecular formula is C13H10ClNO5S2. The van der Waals surface area contributed by atoms with Gasteiger partial charge in [0.05, 0.1) is 17.0 Å². The van der Waals surface area contributed by atoms with Crippen LogP contribution in [-0.4, -0.2) is 40.5 Å². The number of halogens is 1. The van der Waals surface area contributed by atoms with Crippen molar-refractivity contribution in [3.8, 4) is 11.5 Å². The number of thioether (sulfide) groups is 1. The summed E-state index contributed by atoms with van der Waals surface area (Å²) in [6, 6.07) is 3.16. The molecule has 22 heavy (non-hydrogen) atoms. The van der Waals surface area contributed by atoms with E-state index in [-0.39, 0.29) is 28.6 Å². The first kappa shape index (κ1) is 18.2. The van der Waals surface area contributed by atoms with Gasteiger partial charge < -0.3 is 9.84 Å². The van der Waals surface area contributed by atoms with Gasteiger partial charge in [-0.05, 0) is 23.8 Å². The van der Waals surface area contributed by atoms with E-state index in [4.69, 9.17) is 38.1 Å². The number of amides is 1. The van der Waals surface area contributed by atoms with Gasteiger partial charge in [0, 0.05) is 7.05 Å². The van der Waals surface area contributed by atoms with E-state index in [1.807, 2.05) is 0 Å². The predicted molar refractivity (Wildman–Crippen MR) is 85.6 cm³/mol. The van der Waals surface area contributed by atoms with Crippen LogP contribution in [0.15, 0.2) is 17.0 Å². The van der Waals surface area contributed by atoms with Crippen LogP contribution in [-0.2, 0) is 14.4 Å². The van der Waals surface area contributed by atoms with Crippen molar-refractivity contribution in [2.45, 2.75) is 0 Å². The van der Waals surface area contributed by atoms with Crippen molar-refractivity contribution in [2.75, 3.05) is 14.2 Å². The lowest BCUT2D eigenvalue weighted by atomic mass is 10.2. The third-order valence-corrected chi connectivity index (χ3v) is 4.33. The number of nitrogens with zero attached hydrogens (tertiary/aromatic N) is 1. The van der Waals surface area contributed by atoms with Gasteiger partial charge in [-0.3, -0.25) is 9.69 Å². The highest BCUT2D eigenvalue weighted by atomic mass is 35.5. The molecule has 1 heterocycles. The zero-order valence-corrected chi connectivity index (χ0v) is 13.8. The normalized spacial score (nSPS) is 15.4. The highest BCUT2D eigenvalue weighted by Crippen LogP contribution is 2.37. The summed E-state index contributed by atoms with van der Waals surface area (Å²) in [6.45, 7) is 0. The monoisotopic (exact) mass is 359 g/mol. The minimum absolute atomic E-state index is 0.121. The minimum Gasteiger partial charge on any atom is -0.503 e. The largest absolute Gasteiger partial charge is 0.503 e. The first-order valence-electron chi connectivity index (χ1n) is 5.63. The third-order valence-electron chi connectivity index (χ3n) is 2.55. The number of thiocarbonyl (C=S) groups is 1. The molecule has 1 aliphatic heterocycles. The van der Waals surface area contributed by atoms with Crippen molar-refractivity contribution in [1.82, 2.24) is 4.90 Å². The van der Waals surface area contributed by atoms with Crippen molar-refractivity contribution in [3.63, 3.8) is 0 Å². The SMILES string of the molecule is COc1cc(/C=C2\SC(=S)N(C)C2=O)cc(Cl)c1O.O=C=O. The van der Waals surface area contributed by atoms with E-state index in [0.717, 1.165) is 0 Å². The molecule has 0 radical (unpaired) electrons. The zero-order chi connectivity index (χ0) is 16.9. The van der Waals surface area contributed by atoms with E-state index >= 15 is 0 Å². The Balaban J connectivity index is 0.000000745. The molecule has 1 aromatic carbocycles. The summed E-state index contributed by atoms with van der Waals surface area (Å²) in [6.07, 6.45) is 1.91. The van der Waals surface area contributed by atoms with Crippen molar-refractivity contribution in [1.29, 1.82) is 0 Å². The van der Waals surface area contributed by atoms with Gasteiger partial charge in [-0.15, -0.1) is 0 Å². The summed E-state index contributed by atoms with van der Waals surface area (Å²) in [5, 5.41) is 9.80. The molecule has 0 saturated carbocycles. The highest BCUT2D eigenvalue weighted by molar-refractivity contribution is 8.26. The second-order valence-corrected chi connectivity index (χ2v) is 5.96. The number of carbonyl (C=O) groups excluding carboxylic acids is 3. The van der Waals surface area contributed by atoms with E-state index in [1.165, 1.54) is 23.8 Å². The van der Waals surface area contributed by atoms with Crippen molar-refractivity contribution in [2.24, 2.45) is 0 Å². The lowest BCUT2D eigenvalue weighted by Crippen LogP contribution is -2.22. The van der Waals surface area contributed by atoms with Crippen LogP contribution in [0, 0.1) is 0 Å². The van der Waals surface area contributed by atoms with Crippen LogP contribution in [0.3, 0.4) is 0 Å². The Bertz CT molecular complexity index is 683. The Morgan fingerprint density at radius 1 is 1.45 bits per heavy atom. The van der Waals surface area contributed by atoms with Gasteiger partial charge in [-0.2, -0.15) is 9.59 Å². The molecule has 0 bridgehead atoms. The van der Waals surface area contributed by atoms with Crippen LogP contribution < -0.4 is 4.74 Å². The van der Waals surface area contributed by atoms with E-state index in [9.17, 15) is 9.90 Å². The molecule has 0 aliphatic carbocycles. The first-order chi connectivity index (χ1) is 10.3. The van der Waals surface area contributed by atoms with Gasteiger partial charge in [-0.25, -0.2) is 0 Å². The van der Waals surface area contributed by atoms with Gasteiger partial charge in [0.2, 0.25) is 0 Å². The molecule has 2 rings (SSSR count). The summed E-state index contributed by atoms with van der Waals surface area (Å²) < 4.78 is 5.52. The van der Waals surface area contributed by atoms with Crippen LogP contribution in [0.4, 0.5) is 0 Å². The van der Waals surface area contributed by atoms with Crippen molar-refractivity contribution < 1.29 is 24.2 Å². The second kappa shape index (κ2) is 7.95. The molecule has 1 aliphatic rings. The molecule has 1 N–H and O–H groups in total. The lowest BCUT2D eigenvalue weighted by molar-refractivity contribution is -0.191. The molecule has 0 spiro atoms. The summed E-state index contributed by atoms with van der Waals surface area (Å²) in [4.78, 5) is 30.0. The Labute approximate surface area is 140 Å². The molecule has 9 heteroatoms. The summed E-state index contributed by atoms with van der Waals surface area (Å²) in [5.41, 5.74) is 0.661. The number of likely N-dealkylation sites (N-methyl/N-ethyl adjacent to an activating group) is 1. The summed E-state index contributed by atoms with van der Waals surface area (Å²) in [7, 11) is 3.06. The molecule has 0 unspecified atom stereocenters. The Hall–Kier alpha value is -1.86. The number of phenols is 1. The topological polar surface area (TPSA) is 83.9 Å². The molecule has 1 saturated heterocycles. The number of rotatable bonds is 2. The third kappa shape index (κ3) is 4.08. The number of hydrogen-bond donors (Lipinski definition) is 1. The van der Waals surface area contributed by atoms with E-state index in [0.29, 0.717) is 14.8 Å². The fraction of sp³-hybridized carbons (Fsp3) is 0.154. The maximum absolute atomic E-state index is 11.9. The molecule has 0 atom stereocenters. The highest BCUT2D eigenvalue weighted by Gasteiger charge is 2.28. The molecule has 0 aromatic heterocycles. The average Bonchev–Trinajstić information content (AvgIpc) is 2.71. The molecule has 1 aromatic rings. The maximum Gasteiger partial charge on any atom is 0.373 e. The number of benzene rings is 1. The van der Waals surface area contributed by atoms with Gasteiger partial charge in [0.1, 0.15) is 4.32 Å². The number of methoxy groups -OCH3 is 1. The van der Waals surface area contributed by atoms with Crippen LogP contribution >= 0.6 is 35.6 Å². The van der Waals surface area contributed by atoms with Gasteiger partial charge >= 0.3 is 6.15 Å². The summed E-state index contributed by atoms with van der Waals surface area (Å²) >= 11 is 12.2. The van der Waals surface area contributed by atoms with Crippen LogP contribution in [0.1, 0.15) is 5.56 Å². The maximum atomic E-state index is 11.9. The molecule has 1 amide bonds.